The largest absolute Gasteiger partial charge is 0.444 e. The Hall–Kier alpha value is -2.70. The molecule has 1 amide bonds. The number of Topliss-reactive ketones (excluding diaryl/α,β-unsaturated/α-hetero) is 1. The Labute approximate surface area is 231 Å². The molecule has 39 heavy (non-hydrogen) atoms. The molecule has 1 aromatic carbocycles. The van der Waals surface area contributed by atoms with Crippen LogP contribution in [0.3, 0.4) is 0 Å². The van der Waals surface area contributed by atoms with Gasteiger partial charge in [-0.25, -0.2) is 9.18 Å². The van der Waals surface area contributed by atoms with Gasteiger partial charge in [-0.15, -0.1) is 0 Å². The van der Waals surface area contributed by atoms with Gasteiger partial charge in [0.1, 0.15) is 11.4 Å². The van der Waals surface area contributed by atoms with Crippen LogP contribution in [-0.4, -0.2) is 84.8 Å². The number of carbonyl (C=O) groups excluding carboxylic acids is 2. The Kier molecular flexibility index (Phi) is 8.16. The summed E-state index contributed by atoms with van der Waals surface area (Å²) in [6.07, 6.45) is 3.35. The molecule has 3 aliphatic heterocycles. The van der Waals surface area contributed by atoms with Crippen molar-refractivity contribution >= 4 is 17.6 Å². The molecule has 0 N–H and O–H groups in total. The van der Waals surface area contributed by atoms with E-state index >= 15 is 4.39 Å². The predicted molar refractivity (Wildman–Crippen MR) is 145 cm³/mol. The highest BCUT2D eigenvalue weighted by molar-refractivity contribution is 5.89. The highest BCUT2D eigenvalue weighted by atomic mass is 19.1. The van der Waals surface area contributed by atoms with Crippen LogP contribution in [0.2, 0.25) is 0 Å². The van der Waals surface area contributed by atoms with Crippen molar-refractivity contribution in [3.8, 4) is 6.07 Å². The first-order valence-corrected chi connectivity index (χ1v) is 14.4. The zero-order valence-corrected chi connectivity index (χ0v) is 23.4. The fraction of sp³-hybridized carbons (Fsp3) is 0.700. The van der Waals surface area contributed by atoms with E-state index in [1.54, 1.807) is 17.0 Å². The average Bonchev–Trinajstić information content (AvgIpc) is 3.66. The van der Waals surface area contributed by atoms with Crippen LogP contribution in [0.25, 0.3) is 0 Å². The molecule has 5 atom stereocenters. The summed E-state index contributed by atoms with van der Waals surface area (Å²) in [6, 6.07) is 7.39. The Bertz CT molecular complexity index is 1100. The van der Waals surface area contributed by atoms with E-state index < -0.39 is 23.7 Å². The third-order valence-electron chi connectivity index (χ3n) is 8.75. The summed E-state index contributed by atoms with van der Waals surface area (Å²) in [5, 5.41) is 9.85. The maximum atomic E-state index is 15.2. The maximum absolute atomic E-state index is 15.2. The summed E-state index contributed by atoms with van der Waals surface area (Å²) in [5.74, 6) is -1.02. The maximum Gasteiger partial charge on any atom is 0.411 e. The molecule has 5 rings (SSSR count). The molecule has 2 bridgehead atoms. The lowest BCUT2D eigenvalue weighted by Gasteiger charge is -2.38. The smallest absolute Gasteiger partial charge is 0.411 e. The van der Waals surface area contributed by atoms with Crippen molar-refractivity contribution in [2.75, 3.05) is 44.3 Å². The van der Waals surface area contributed by atoms with Gasteiger partial charge in [0.25, 0.3) is 0 Å². The molecule has 0 radical (unpaired) electrons. The van der Waals surface area contributed by atoms with E-state index in [1.807, 2.05) is 26.8 Å². The van der Waals surface area contributed by atoms with Crippen LogP contribution in [0.5, 0.6) is 0 Å². The number of ketones is 1. The van der Waals surface area contributed by atoms with E-state index in [-0.39, 0.29) is 36.4 Å². The van der Waals surface area contributed by atoms with Crippen molar-refractivity contribution in [2.24, 2.45) is 11.8 Å². The van der Waals surface area contributed by atoms with Crippen molar-refractivity contribution in [3.05, 3.63) is 29.6 Å². The average molecular weight is 541 g/mol. The number of fused-ring (bicyclic) bond motifs is 2. The van der Waals surface area contributed by atoms with Crippen LogP contribution in [0, 0.1) is 29.0 Å². The SMILES string of the molecule is CC(C)(C)OC(=O)N1[C@@H]2CC[C@@H](C2)[C@H]1C(=O)C[C@H](C#N)Cc1ccc(N2CCN(C3CCOC3)CC2)cc1F. The fourth-order valence-electron chi connectivity index (χ4n) is 6.83. The van der Waals surface area contributed by atoms with Crippen LogP contribution in [0.4, 0.5) is 14.9 Å². The summed E-state index contributed by atoms with van der Waals surface area (Å²) in [5.41, 5.74) is 0.638. The molecule has 0 aromatic heterocycles. The van der Waals surface area contributed by atoms with E-state index in [1.165, 1.54) is 0 Å². The third-order valence-corrected chi connectivity index (χ3v) is 8.75. The molecule has 4 fully saturated rings. The number of anilines is 1. The molecule has 8 nitrogen and oxygen atoms in total. The van der Waals surface area contributed by atoms with Crippen LogP contribution in [-0.2, 0) is 20.7 Å². The number of halogens is 1. The van der Waals surface area contributed by atoms with Gasteiger partial charge in [-0.05, 0) is 76.5 Å². The molecule has 212 valence electrons. The molecule has 0 spiro atoms. The molecule has 1 aliphatic carbocycles. The highest BCUT2D eigenvalue weighted by Gasteiger charge is 2.52. The second-order valence-electron chi connectivity index (χ2n) is 12.6. The number of rotatable bonds is 7. The number of likely N-dealkylation sites (tertiary alicyclic amines) is 1. The summed E-state index contributed by atoms with van der Waals surface area (Å²) in [7, 11) is 0. The van der Waals surface area contributed by atoms with Crippen molar-refractivity contribution in [1.29, 1.82) is 5.26 Å². The monoisotopic (exact) mass is 540 g/mol. The van der Waals surface area contributed by atoms with Crippen LogP contribution in [0.15, 0.2) is 18.2 Å². The van der Waals surface area contributed by atoms with Crippen molar-refractivity contribution in [3.63, 3.8) is 0 Å². The molecule has 3 heterocycles. The normalized spacial score (nSPS) is 28.0. The van der Waals surface area contributed by atoms with Crippen molar-refractivity contribution < 1.29 is 23.5 Å². The first-order valence-electron chi connectivity index (χ1n) is 14.4. The van der Waals surface area contributed by atoms with Gasteiger partial charge in [0.05, 0.1) is 24.6 Å². The second-order valence-corrected chi connectivity index (χ2v) is 12.6. The molecule has 4 aliphatic rings. The number of ether oxygens (including phenoxy) is 2. The summed E-state index contributed by atoms with van der Waals surface area (Å²) < 4.78 is 26.3. The molecular formula is C30H41FN4O4. The number of benzene rings is 1. The second kappa shape index (κ2) is 11.4. The first kappa shape index (κ1) is 27.9. The van der Waals surface area contributed by atoms with Gasteiger partial charge in [0.2, 0.25) is 0 Å². The zero-order chi connectivity index (χ0) is 27.7. The molecular weight excluding hydrogens is 499 g/mol. The lowest BCUT2D eigenvalue weighted by Crippen LogP contribution is -2.51. The first-order chi connectivity index (χ1) is 18.6. The lowest BCUT2D eigenvalue weighted by molar-refractivity contribution is -0.126. The van der Waals surface area contributed by atoms with E-state index in [0.29, 0.717) is 11.6 Å². The van der Waals surface area contributed by atoms with Gasteiger partial charge in [-0.1, -0.05) is 6.07 Å². The number of carbonyl (C=O) groups is 2. The Morgan fingerprint density at radius 3 is 2.56 bits per heavy atom. The summed E-state index contributed by atoms with van der Waals surface area (Å²) in [4.78, 5) is 32.6. The Morgan fingerprint density at radius 2 is 1.92 bits per heavy atom. The number of piperidine rings is 1. The van der Waals surface area contributed by atoms with E-state index in [9.17, 15) is 14.9 Å². The van der Waals surface area contributed by atoms with Gasteiger partial charge in [0.15, 0.2) is 5.78 Å². The standard InChI is InChI=1S/C30H41FN4O4/c1-30(2,3)39-29(37)35-24-7-5-22(16-24)28(35)27(36)15-20(18-32)14-21-4-6-23(17-26(21)31)33-9-11-34(12-10-33)25-8-13-38-19-25/h4,6,17,20,22,24-25,28H,5,7-16,19H2,1-3H3/t20-,22+,24-,25?,28+/m1/s1. The predicted octanol–water partition coefficient (Wildman–Crippen LogP) is 4.17. The number of hydrogen-bond donors (Lipinski definition) is 0. The Morgan fingerprint density at radius 1 is 1.15 bits per heavy atom. The van der Waals surface area contributed by atoms with Crippen LogP contribution >= 0.6 is 0 Å². The van der Waals surface area contributed by atoms with Crippen LogP contribution < -0.4 is 4.90 Å². The minimum Gasteiger partial charge on any atom is -0.444 e. The quantitative estimate of drug-likeness (QED) is 0.513. The van der Waals surface area contributed by atoms with Crippen LogP contribution in [0.1, 0.15) is 58.4 Å². The zero-order valence-electron chi connectivity index (χ0n) is 23.4. The number of amides is 1. The molecule has 9 heteroatoms. The lowest BCUT2D eigenvalue weighted by atomic mass is 9.88. The number of hydrogen-bond acceptors (Lipinski definition) is 7. The van der Waals surface area contributed by atoms with Gasteiger partial charge in [-0.3, -0.25) is 14.6 Å². The van der Waals surface area contributed by atoms with E-state index in [4.69, 9.17) is 9.47 Å². The molecule has 3 saturated heterocycles. The number of piperazine rings is 1. The highest BCUT2D eigenvalue weighted by Crippen LogP contribution is 2.44. The molecule has 1 unspecified atom stereocenters. The number of nitrogens with zero attached hydrogens (tertiary/aromatic N) is 4. The topological polar surface area (TPSA) is 86.1 Å². The summed E-state index contributed by atoms with van der Waals surface area (Å²) >= 11 is 0. The van der Waals surface area contributed by atoms with E-state index in [2.05, 4.69) is 15.9 Å². The fourth-order valence-corrected chi connectivity index (χ4v) is 6.83. The van der Waals surface area contributed by atoms with Gasteiger partial charge < -0.3 is 14.4 Å². The minimum absolute atomic E-state index is 0.00227. The number of nitriles is 1. The van der Waals surface area contributed by atoms with Gasteiger partial charge in [-0.2, -0.15) is 5.26 Å². The Balaban J connectivity index is 1.19. The third kappa shape index (κ3) is 6.22. The molecule has 1 saturated carbocycles. The van der Waals surface area contributed by atoms with Gasteiger partial charge >= 0.3 is 6.09 Å². The minimum atomic E-state index is -0.658. The van der Waals surface area contributed by atoms with Crippen molar-refractivity contribution in [2.45, 2.75) is 83.0 Å². The van der Waals surface area contributed by atoms with Crippen molar-refractivity contribution in [1.82, 2.24) is 9.80 Å². The summed E-state index contributed by atoms with van der Waals surface area (Å²) in [6.45, 7) is 10.6. The van der Waals surface area contributed by atoms with E-state index in [0.717, 1.165) is 70.8 Å². The molecule has 1 aromatic rings. The van der Waals surface area contributed by atoms with Gasteiger partial charge in [0, 0.05) is 57.0 Å².